The van der Waals surface area contributed by atoms with Gasteiger partial charge in [0.1, 0.15) is 0 Å². The van der Waals surface area contributed by atoms with Crippen LogP contribution in [0.25, 0.3) is 0 Å². The second-order valence-electron chi connectivity index (χ2n) is 7.18. The molecular weight excluding hydrogens is 344 g/mol. The average Bonchev–Trinajstić information content (AvgIpc) is 2.63. The van der Waals surface area contributed by atoms with Gasteiger partial charge in [0.25, 0.3) is 0 Å². The molecule has 5 heteroatoms. The number of aliphatic hydroxyl groups is 1. The van der Waals surface area contributed by atoms with E-state index >= 15 is 0 Å². The third-order valence-electron chi connectivity index (χ3n) is 4.91. The van der Waals surface area contributed by atoms with E-state index < -0.39 is 16.9 Å². The summed E-state index contributed by atoms with van der Waals surface area (Å²) in [5, 5.41) is 10.2. The monoisotopic (exact) mass is 372 g/mol. The zero-order valence-electron chi connectivity index (χ0n) is 15.7. The largest absolute Gasteiger partial charge is 0.392 e. The van der Waals surface area contributed by atoms with E-state index in [1.807, 2.05) is 36.4 Å². The minimum absolute atomic E-state index is 0.103. The van der Waals surface area contributed by atoms with Crippen LogP contribution in [0.5, 0.6) is 0 Å². The van der Waals surface area contributed by atoms with Gasteiger partial charge < -0.3 is 14.9 Å². The van der Waals surface area contributed by atoms with Crippen molar-refractivity contribution >= 4 is 16.5 Å². The highest BCUT2D eigenvalue weighted by molar-refractivity contribution is 7.86. The molecule has 140 valence electrons. The van der Waals surface area contributed by atoms with E-state index in [0.29, 0.717) is 0 Å². The zero-order chi connectivity index (χ0) is 18.7. The van der Waals surface area contributed by atoms with Gasteiger partial charge in [0.05, 0.1) is 38.8 Å². The smallest absolute Gasteiger partial charge is 0.0896 e. The van der Waals surface area contributed by atoms with Crippen molar-refractivity contribution in [3.8, 4) is 0 Å². The van der Waals surface area contributed by atoms with Crippen LogP contribution in [0.2, 0.25) is 0 Å². The van der Waals surface area contributed by atoms with Crippen molar-refractivity contribution in [1.82, 2.24) is 4.90 Å². The summed E-state index contributed by atoms with van der Waals surface area (Å²) >= 11 is 0. The van der Waals surface area contributed by atoms with E-state index in [9.17, 15) is 9.32 Å². The summed E-state index contributed by atoms with van der Waals surface area (Å²) < 4.78 is 13.3. The SMILES string of the molecule is CC(O)C1[C@H](c2ccccc2)N(CCCN(C)C)c2ccccc2S1=O. The van der Waals surface area contributed by atoms with Gasteiger partial charge in [-0.1, -0.05) is 42.5 Å². The van der Waals surface area contributed by atoms with E-state index in [0.717, 1.165) is 35.7 Å². The lowest BCUT2D eigenvalue weighted by Gasteiger charge is -2.44. The fourth-order valence-electron chi connectivity index (χ4n) is 3.73. The summed E-state index contributed by atoms with van der Waals surface area (Å²) in [6.45, 7) is 3.60. The number of hydrogen-bond donors (Lipinski definition) is 1. The predicted molar refractivity (Wildman–Crippen MR) is 108 cm³/mol. The minimum atomic E-state index is -1.25. The van der Waals surface area contributed by atoms with Crippen LogP contribution in [0.1, 0.15) is 24.9 Å². The van der Waals surface area contributed by atoms with Crippen LogP contribution in [0.15, 0.2) is 59.5 Å². The number of aliphatic hydroxyl groups excluding tert-OH is 1. The first-order valence-electron chi connectivity index (χ1n) is 9.14. The molecule has 4 atom stereocenters. The Hall–Kier alpha value is -1.69. The average molecular weight is 373 g/mol. The number of hydrogen-bond acceptors (Lipinski definition) is 4. The molecule has 1 N–H and O–H groups in total. The number of nitrogens with zero attached hydrogens (tertiary/aromatic N) is 2. The van der Waals surface area contributed by atoms with Gasteiger partial charge >= 0.3 is 0 Å². The van der Waals surface area contributed by atoms with Crippen molar-refractivity contribution in [2.45, 2.75) is 35.6 Å². The van der Waals surface area contributed by atoms with Gasteiger partial charge in [0.2, 0.25) is 0 Å². The molecule has 0 amide bonds. The molecule has 0 fully saturated rings. The summed E-state index contributed by atoms with van der Waals surface area (Å²) in [5.41, 5.74) is 2.13. The molecule has 1 aliphatic heterocycles. The first-order valence-corrected chi connectivity index (χ1v) is 10.4. The van der Waals surface area contributed by atoms with Gasteiger partial charge in [-0.05, 0) is 51.7 Å². The van der Waals surface area contributed by atoms with Crippen LogP contribution < -0.4 is 4.90 Å². The number of rotatable bonds is 6. The van der Waals surface area contributed by atoms with Crippen LogP contribution in [-0.2, 0) is 10.8 Å². The molecule has 0 saturated heterocycles. The van der Waals surface area contributed by atoms with Gasteiger partial charge in [-0.25, -0.2) is 0 Å². The predicted octanol–water partition coefficient (Wildman–Crippen LogP) is 3.06. The molecule has 1 heterocycles. The lowest BCUT2D eigenvalue weighted by molar-refractivity contribution is 0.176. The Kier molecular flexibility index (Phi) is 6.12. The number of fused-ring (bicyclic) bond motifs is 1. The zero-order valence-corrected chi connectivity index (χ0v) is 16.5. The van der Waals surface area contributed by atoms with Gasteiger partial charge in [-0.2, -0.15) is 0 Å². The normalized spacial score (nSPS) is 23.7. The lowest BCUT2D eigenvalue weighted by atomic mass is 9.97. The summed E-state index contributed by atoms with van der Waals surface area (Å²) in [5.74, 6) is 0. The first kappa shape index (κ1) is 19.1. The third-order valence-corrected chi connectivity index (χ3v) is 6.83. The lowest BCUT2D eigenvalue weighted by Crippen LogP contribution is -2.48. The highest BCUT2D eigenvalue weighted by Crippen LogP contribution is 2.43. The van der Waals surface area contributed by atoms with Gasteiger partial charge in [0.15, 0.2) is 0 Å². The van der Waals surface area contributed by atoms with E-state index in [-0.39, 0.29) is 11.3 Å². The molecule has 3 unspecified atom stereocenters. The maximum atomic E-state index is 13.3. The number of para-hydroxylation sites is 1. The Bertz CT molecular complexity index is 749. The Balaban J connectivity index is 2.07. The summed E-state index contributed by atoms with van der Waals surface area (Å²) in [6.07, 6.45) is 0.342. The van der Waals surface area contributed by atoms with Crippen molar-refractivity contribution in [2.75, 3.05) is 32.1 Å². The molecule has 1 aliphatic rings. The molecule has 0 radical (unpaired) electrons. The quantitative estimate of drug-likeness (QED) is 0.846. The Morgan fingerprint density at radius 1 is 1.12 bits per heavy atom. The summed E-state index contributed by atoms with van der Waals surface area (Å²) in [7, 11) is 2.90. The van der Waals surface area contributed by atoms with Crippen molar-refractivity contribution in [3.05, 3.63) is 60.2 Å². The molecule has 0 aliphatic carbocycles. The summed E-state index contributed by atoms with van der Waals surface area (Å²) in [6, 6.07) is 18.0. The number of anilines is 1. The highest BCUT2D eigenvalue weighted by Gasteiger charge is 2.42. The Labute approximate surface area is 158 Å². The molecular formula is C21H28N2O2S. The molecule has 0 spiro atoms. The maximum absolute atomic E-state index is 13.3. The van der Waals surface area contributed by atoms with E-state index in [4.69, 9.17) is 0 Å². The fourth-order valence-corrected chi connectivity index (χ4v) is 5.53. The van der Waals surface area contributed by atoms with Crippen molar-refractivity contribution in [3.63, 3.8) is 0 Å². The van der Waals surface area contributed by atoms with Crippen molar-refractivity contribution in [2.24, 2.45) is 0 Å². The van der Waals surface area contributed by atoms with Crippen LogP contribution >= 0.6 is 0 Å². The van der Waals surface area contributed by atoms with E-state index in [2.05, 4.69) is 42.1 Å². The van der Waals surface area contributed by atoms with Gasteiger partial charge in [0, 0.05) is 6.54 Å². The standard InChI is InChI=1S/C21H28N2O2S/c1-16(24)21-20(17-10-5-4-6-11-17)23(15-9-14-22(2)3)18-12-7-8-13-19(18)26(21)25/h4-8,10-13,16,20-21,24H,9,14-15H2,1-3H3/t16?,20-,21?,26?/m0/s1. The van der Waals surface area contributed by atoms with E-state index in [1.165, 1.54) is 0 Å². The van der Waals surface area contributed by atoms with Gasteiger partial charge in [-0.15, -0.1) is 0 Å². The van der Waals surface area contributed by atoms with Crippen molar-refractivity contribution in [1.29, 1.82) is 0 Å². The number of benzene rings is 2. The van der Waals surface area contributed by atoms with Crippen molar-refractivity contribution < 1.29 is 9.32 Å². The first-order chi connectivity index (χ1) is 12.5. The molecule has 3 rings (SSSR count). The molecule has 26 heavy (non-hydrogen) atoms. The van der Waals surface area contributed by atoms with E-state index in [1.54, 1.807) is 6.92 Å². The summed E-state index contributed by atoms with van der Waals surface area (Å²) in [4.78, 5) is 5.35. The second-order valence-corrected chi connectivity index (χ2v) is 8.76. The minimum Gasteiger partial charge on any atom is -0.392 e. The molecule has 0 bridgehead atoms. The molecule has 4 nitrogen and oxygen atoms in total. The van der Waals surface area contributed by atoms with Crippen LogP contribution in [0, 0.1) is 0 Å². The fraction of sp³-hybridized carbons (Fsp3) is 0.429. The second kappa shape index (κ2) is 8.33. The molecule has 0 aromatic heterocycles. The van der Waals surface area contributed by atoms with Crippen LogP contribution in [0.3, 0.4) is 0 Å². The van der Waals surface area contributed by atoms with Gasteiger partial charge in [-0.3, -0.25) is 4.21 Å². The van der Waals surface area contributed by atoms with Crippen LogP contribution in [0.4, 0.5) is 5.69 Å². The maximum Gasteiger partial charge on any atom is 0.0896 e. The third kappa shape index (κ3) is 3.85. The Morgan fingerprint density at radius 3 is 2.42 bits per heavy atom. The highest BCUT2D eigenvalue weighted by atomic mass is 32.2. The molecule has 0 saturated carbocycles. The topological polar surface area (TPSA) is 43.8 Å². The van der Waals surface area contributed by atoms with Crippen LogP contribution in [-0.4, -0.2) is 52.8 Å². The Morgan fingerprint density at radius 2 is 1.77 bits per heavy atom. The molecule has 2 aromatic carbocycles. The molecule has 2 aromatic rings.